The summed E-state index contributed by atoms with van der Waals surface area (Å²) in [4.78, 5) is 24.2. The molecule has 1 atom stereocenters. The Bertz CT molecular complexity index is 299. The minimum Gasteiger partial charge on any atom is -0.481 e. The van der Waals surface area contributed by atoms with Gasteiger partial charge in [0.05, 0.1) is 6.42 Å². The summed E-state index contributed by atoms with van der Waals surface area (Å²) in [6.07, 6.45) is 1.62. The number of likely N-dealkylation sites (tertiary alicyclic amines) is 1. The molecule has 1 amide bonds. The number of carbonyl (C=O) groups is 2. The number of carboxylic acids is 1. The smallest absolute Gasteiger partial charge is 0.303 e. The van der Waals surface area contributed by atoms with Crippen molar-refractivity contribution in [2.45, 2.75) is 33.1 Å². The van der Waals surface area contributed by atoms with E-state index in [1.807, 2.05) is 0 Å². The van der Waals surface area contributed by atoms with Crippen LogP contribution in [0.25, 0.3) is 0 Å². The van der Waals surface area contributed by atoms with Crippen LogP contribution in [0.15, 0.2) is 0 Å². The Morgan fingerprint density at radius 3 is 2.44 bits per heavy atom. The number of aliphatic carboxylic acids is 1. The van der Waals surface area contributed by atoms with Gasteiger partial charge in [-0.1, -0.05) is 13.8 Å². The molecule has 0 aromatic rings. The van der Waals surface area contributed by atoms with Crippen molar-refractivity contribution < 1.29 is 14.7 Å². The summed E-state index contributed by atoms with van der Waals surface area (Å²) in [6, 6.07) is 0. The Balaban J connectivity index is 2.28. The van der Waals surface area contributed by atoms with Gasteiger partial charge in [-0.15, -0.1) is 0 Å². The topological polar surface area (TPSA) is 83.6 Å². The first kappa shape index (κ1) is 15.0. The van der Waals surface area contributed by atoms with Crippen LogP contribution < -0.4 is 5.73 Å². The van der Waals surface area contributed by atoms with E-state index in [-0.39, 0.29) is 24.2 Å². The molecule has 3 N–H and O–H groups in total. The van der Waals surface area contributed by atoms with E-state index in [4.69, 9.17) is 10.8 Å². The summed E-state index contributed by atoms with van der Waals surface area (Å²) >= 11 is 0. The first-order valence-electron chi connectivity index (χ1n) is 6.62. The quantitative estimate of drug-likeness (QED) is 0.709. The lowest BCUT2D eigenvalue weighted by atomic mass is 9.91. The largest absolute Gasteiger partial charge is 0.481 e. The monoisotopic (exact) mass is 256 g/mol. The molecule has 1 heterocycles. The first-order valence-corrected chi connectivity index (χ1v) is 6.62. The van der Waals surface area contributed by atoms with Crippen molar-refractivity contribution in [3.8, 4) is 0 Å². The molecule has 0 bridgehead atoms. The highest BCUT2D eigenvalue weighted by Crippen LogP contribution is 2.22. The standard InChI is InChI=1S/C13H24N2O3/c1-9(2)3-10(6-14)4-12(16)15-7-11(8-15)5-13(17)18/h9-11H,3-8,14H2,1-2H3,(H,17,18)/t10-/m0/s1. The first-order chi connectivity index (χ1) is 8.42. The fourth-order valence-electron chi connectivity index (χ4n) is 2.46. The highest BCUT2D eigenvalue weighted by molar-refractivity contribution is 5.77. The van der Waals surface area contributed by atoms with Gasteiger partial charge in [0, 0.05) is 25.4 Å². The van der Waals surface area contributed by atoms with Crippen LogP contribution in [0.5, 0.6) is 0 Å². The maximum atomic E-state index is 11.9. The van der Waals surface area contributed by atoms with E-state index in [0.29, 0.717) is 32.0 Å². The van der Waals surface area contributed by atoms with Crippen LogP contribution in [0, 0.1) is 17.8 Å². The molecule has 1 fully saturated rings. The van der Waals surface area contributed by atoms with E-state index in [9.17, 15) is 9.59 Å². The van der Waals surface area contributed by atoms with Crippen LogP contribution in [0.1, 0.15) is 33.1 Å². The molecule has 1 saturated heterocycles. The number of carboxylic acid groups (broad SMARTS) is 1. The van der Waals surface area contributed by atoms with Crippen molar-refractivity contribution in [2.24, 2.45) is 23.5 Å². The maximum absolute atomic E-state index is 11.9. The number of nitrogens with zero attached hydrogens (tertiary/aromatic N) is 1. The molecular formula is C13H24N2O3. The Labute approximate surface area is 108 Å². The molecule has 1 rings (SSSR count). The maximum Gasteiger partial charge on any atom is 0.303 e. The second-order valence-electron chi connectivity index (χ2n) is 5.70. The average molecular weight is 256 g/mol. The van der Waals surface area contributed by atoms with Gasteiger partial charge in [0.25, 0.3) is 0 Å². The van der Waals surface area contributed by atoms with Crippen LogP contribution in [0.2, 0.25) is 0 Å². The lowest BCUT2D eigenvalue weighted by Crippen LogP contribution is -2.51. The van der Waals surface area contributed by atoms with Gasteiger partial charge in [0.1, 0.15) is 0 Å². The average Bonchev–Trinajstić information content (AvgIpc) is 2.20. The Morgan fingerprint density at radius 1 is 1.39 bits per heavy atom. The van der Waals surface area contributed by atoms with Crippen molar-refractivity contribution in [1.82, 2.24) is 4.90 Å². The van der Waals surface area contributed by atoms with Gasteiger partial charge in [-0.2, -0.15) is 0 Å². The molecule has 1 aliphatic heterocycles. The minimum atomic E-state index is -0.785. The summed E-state index contributed by atoms with van der Waals surface area (Å²) in [7, 11) is 0. The van der Waals surface area contributed by atoms with Gasteiger partial charge in [-0.05, 0) is 24.8 Å². The van der Waals surface area contributed by atoms with Crippen LogP contribution in [0.4, 0.5) is 0 Å². The number of rotatable bonds is 7. The molecule has 5 heteroatoms. The molecule has 0 aromatic carbocycles. The van der Waals surface area contributed by atoms with Crippen molar-refractivity contribution in [3.63, 3.8) is 0 Å². The Kier molecular flexibility index (Phi) is 5.59. The molecule has 0 unspecified atom stereocenters. The lowest BCUT2D eigenvalue weighted by Gasteiger charge is -2.39. The predicted octanol–water partition coefficient (Wildman–Crippen LogP) is 0.931. The van der Waals surface area contributed by atoms with E-state index in [1.54, 1.807) is 4.90 Å². The molecule has 1 aliphatic rings. The van der Waals surface area contributed by atoms with Crippen LogP contribution >= 0.6 is 0 Å². The molecule has 0 radical (unpaired) electrons. The van der Waals surface area contributed by atoms with E-state index in [2.05, 4.69) is 13.8 Å². The van der Waals surface area contributed by atoms with Gasteiger partial charge in [0.2, 0.25) is 5.91 Å². The summed E-state index contributed by atoms with van der Waals surface area (Å²) in [6.45, 7) is 5.96. The zero-order valence-electron chi connectivity index (χ0n) is 11.3. The molecule has 5 nitrogen and oxygen atoms in total. The van der Waals surface area contributed by atoms with Gasteiger partial charge < -0.3 is 15.7 Å². The van der Waals surface area contributed by atoms with Gasteiger partial charge >= 0.3 is 5.97 Å². The second-order valence-corrected chi connectivity index (χ2v) is 5.70. The normalized spacial score (nSPS) is 17.7. The fourth-order valence-corrected chi connectivity index (χ4v) is 2.46. The number of hydrogen-bond acceptors (Lipinski definition) is 3. The number of hydrogen-bond donors (Lipinski definition) is 2. The molecule has 0 aromatic heterocycles. The molecule has 0 aliphatic carbocycles. The number of carbonyl (C=O) groups excluding carboxylic acids is 1. The van der Waals surface area contributed by atoms with Crippen LogP contribution in [-0.4, -0.2) is 41.5 Å². The van der Waals surface area contributed by atoms with Crippen molar-refractivity contribution in [2.75, 3.05) is 19.6 Å². The predicted molar refractivity (Wildman–Crippen MR) is 68.9 cm³/mol. The molecule has 0 spiro atoms. The highest BCUT2D eigenvalue weighted by atomic mass is 16.4. The zero-order valence-corrected chi connectivity index (χ0v) is 11.3. The van der Waals surface area contributed by atoms with Gasteiger partial charge in [-0.25, -0.2) is 0 Å². The molecule has 18 heavy (non-hydrogen) atoms. The number of amides is 1. The van der Waals surface area contributed by atoms with Crippen molar-refractivity contribution >= 4 is 11.9 Å². The molecule has 104 valence electrons. The van der Waals surface area contributed by atoms with E-state index < -0.39 is 5.97 Å². The van der Waals surface area contributed by atoms with Crippen LogP contribution in [-0.2, 0) is 9.59 Å². The zero-order chi connectivity index (χ0) is 13.7. The third-order valence-electron chi connectivity index (χ3n) is 3.37. The van der Waals surface area contributed by atoms with E-state index in [0.717, 1.165) is 6.42 Å². The summed E-state index contributed by atoms with van der Waals surface area (Å²) in [5, 5.41) is 8.64. The lowest BCUT2D eigenvalue weighted by molar-refractivity contribution is -0.145. The molecular weight excluding hydrogens is 232 g/mol. The second kappa shape index (κ2) is 6.73. The van der Waals surface area contributed by atoms with E-state index >= 15 is 0 Å². The summed E-state index contributed by atoms with van der Waals surface area (Å²) in [5.41, 5.74) is 5.67. The van der Waals surface area contributed by atoms with Crippen molar-refractivity contribution in [3.05, 3.63) is 0 Å². The summed E-state index contributed by atoms with van der Waals surface area (Å²) in [5.74, 6) is 0.255. The van der Waals surface area contributed by atoms with Gasteiger partial charge in [0.15, 0.2) is 0 Å². The Hall–Kier alpha value is -1.10. The summed E-state index contributed by atoms with van der Waals surface area (Å²) < 4.78 is 0. The third kappa shape index (κ3) is 4.64. The molecule has 0 saturated carbocycles. The highest BCUT2D eigenvalue weighted by Gasteiger charge is 2.32. The van der Waals surface area contributed by atoms with Gasteiger partial charge in [-0.3, -0.25) is 9.59 Å². The van der Waals surface area contributed by atoms with E-state index in [1.165, 1.54) is 0 Å². The third-order valence-corrected chi connectivity index (χ3v) is 3.37. The van der Waals surface area contributed by atoms with Crippen molar-refractivity contribution in [1.29, 1.82) is 0 Å². The Morgan fingerprint density at radius 2 is 2.00 bits per heavy atom. The SMILES string of the molecule is CC(C)C[C@H](CN)CC(=O)N1CC(CC(=O)O)C1. The van der Waals surface area contributed by atoms with Crippen LogP contribution in [0.3, 0.4) is 0 Å². The fraction of sp³-hybridized carbons (Fsp3) is 0.846. The number of nitrogens with two attached hydrogens (primary N) is 1. The minimum absolute atomic E-state index is 0.118.